The third-order valence-corrected chi connectivity index (χ3v) is 1.79. The van der Waals surface area contributed by atoms with Gasteiger partial charge in [0, 0.05) is 19.7 Å². The van der Waals surface area contributed by atoms with E-state index in [1.54, 1.807) is 0 Å². The Balaban J connectivity index is 0. The monoisotopic (exact) mass is 201 g/mol. The molecule has 0 rings (SSSR count). The first kappa shape index (κ1) is 13.3. The number of hydrogen-bond acceptors (Lipinski definition) is 3. The second kappa shape index (κ2) is 5.37. The van der Waals surface area contributed by atoms with E-state index in [0.29, 0.717) is 0 Å². The highest BCUT2D eigenvalue weighted by molar-refractivity contribution is 7.90. The summed E-state index contributed by atoms with van der Waals surface area (Å²) in [5.41, 5.74) is 0. The molecule has 0 radical (unpaired) electrons. The quantitative estimate of drug-likeness (QED) is 0.675. The minimum Gasteiger partial charge on any atom is -0.355 e. The maximum Gasteiger partial charge on any atom is 0.216 e. The zero-order valence-electron chi connectivity index (χ0n) is 6.46. The van der Waals surface area contributed by atoms with E-state index in [9.17, 15) is 13.2 Å². The summed E-state index contributed by atoms with van der Waals surface area (Å²) in [4.78, 5) is 10.2. The van der Waals surface area contributed by atoms with Crippen molar-refractivity contribution in [2.75, 3.05) is 18.6 Å². The molecule has 0 atom stereocenters. The van der Waals surface area contributed by atoms with Crippen molar-refractivity contribution >= 4 is 28.2 Å². The Bertz CT molecular complexity index is 212. The minimum atomic E-state index is -2.93. The zero-order valence-corrected chi connectivity index (χ0v) is 8.09. The van der Waals surface area contributed by atoms with Crippen LogP contribution in [0, 0.1) is 0 Å². The van der Waals surface area contributed by atoms with Crippen LogP contribution in [0.4, 0.5) is 0 Å². The average molecular weight is 202 g/mol. The third kappa shape index (κ3) is 12.8. The Morgan fingerprint density at radius 1 is 1.45 bits per heavy atom. The van der Waals surface area contributed by atoms with E-state index >= 15 is 0 Å². The number of carbonyl (C=O) groups is 1. The van der Waals surface area contributed by atoms with Crippen LogP contribution in [0.15, 0.2) is 0 Å². The molecule has 0 aromatic carbocycles. The smallest absolute Gasteiger partial charge is 0.216 e. The number of carbonyl (C=O) groups excluding carboxylic acids is 1. The fraction of sp³-hybridized carbons (Fsp3) is 0.800. The van der Waals surface area contributed by atoms with Crippen molar-refractivity contribution in [2.24, 2.45) is 0 Å². The van der Waals surface area contributed by atoms with E-state index < -0.39 is 9.84 Å². The van der Waals surface area contributed by atoms with Crippen LogP contribution in [-0.4, -0.2) is 32.9 Å². The van der Waals surface area contributed by atoms with Crippen molar-refractivity contribution in [1.82, 2.24) is 5.32 Å². The molecule has 0 aliphatic rings. The molecule has 1 amide bonds. The van der Waals surface area contributed by atoms with Gasteiger partial charge in [-0.1, -0.05) is 0 Å². The topological polar surface area (TPSA) is 63.2 Å². The lowest BCUT2D eigenvalue weighted by Gasteiger charge is -1.98. The molecule has 68 valence electrons. The van der Waals surface area contributed by atoms with Crippen molar-refractivity contribution < 1.29 is 13.2 Å². The van der Waals surface area contributed by atoms with E-state index in [0.717, 1.165) is 6.26 Å². The SMILES string of the molecule is CC(=O)NCCS(C)(=O)=O.Cl. The fourth-order valence-corrected chi connectivity index (χ4v) is 0.885. The Kier molecular flexibility index (Phi) is 6.50. The Labute approximate surface area is 72.7 Å². The highest BCUT2D eigenvalue weighted by atomic mass is 35.5. The average Bonchev–Trinajstić information content (AvgIpc) is 1.59. The first-order chi connectivity index (χ1) is 4.42. The number of nitrogens with one attached hydrogen (secondary N) is 1. The predicted octanol–water partition coefficient (Wildman–Crippen LogP) is -0.411. The molecule has 4 nitrogen and oxygen atoms in total. The molecule has 1 N–H and O–H groups in total. The van der Waals surface area contributed by atoms with Crippen LogP contribution < -0.4 is 5.32 Å². The molecule has 0 bridgehead atoms. The van der Waals surface area contributed by atoms with E-state index in [4.69, 9.17) is 0 Å². The Hall–Kier alpha value is -0.290. The summed E-state index contributed by atoms with van der Waals surface area (Å²) in [5, 5.41) is 2.38. The van der Waals surface area contributed by atoms with Crippen molar-refractivity contribution in [3.8, 4) is 0 Å². The summed E-state index contributed by atoms with van der Waals surface area (Å²) in [6.07, 6.45) is 1.13. The van der Waals surface area contributed by atoms with Crippen molar-refractivity contribution in [3.05, 3.63) is 0 Å². The summed E-state index contributed by atoms with van der Waals surface area (Å²) in [5.74, 6) is -0.198. The molecule has 0 spiro atoms. The fourth-order valence-electron chi connectivity index (χ4n) is 0.412. The first-order valence-electron chi connectivity index (χ1n) is 2.84. The van der Waals surface area contributed by atoms with Gasteiger partial charge in [0.1, 0.15) is 9.84 Å². The number of rotatable bonds is 3. The molecule has 0 aliphatic heterocycles. The van der Waals surface area contributed by atoms with Crippen molar-refractivity contribution in [3.63, 3.8) is 0 Å². The second-order valence-corrected chi connectivity index (χ2v) is 4.37. The molecule has 0 aromatic heterocycles. The van der Waals surface area contributed by atoms with E-state index in [1.807, 2.05) is 0 Å². The molecule has 0 saturated carbocycles. The Morgan fingerprint density at radius 3 is 2.18 bits per heavy atom. The number of hydrogen-bond donors (Lipinski definition) is 1. The molecular weight excluding hydrogens is 190 g/mol. The summed E-state index contributed by atoms with van der Waals surface area (Å²) < 4.78 is 20.9. The first-order valence-corrected chi connectivity index (χ1v) is 4.90. The third-order valence-electron chi connectivity index (χ3n) is 0.847. The van der Waals surface area contributed by atoms with Gasteiger partial charge in [-0.05, 0) is 0 Å². The highest BCUT2D eigenvalue weighted by Crippen LogP contribution is 1.78. The minimum absolute atomic E-state index is 0. The molecular formula is C5H12ClNO3S. The summed E-state index contributed by atoms with van der Waals surface area (Å²) in [6.45, 7) is 1.55. The zero-order chi connectivity index (χ0) is 8.20. The number of amides is 1. The van der Waals surface area contributed by atoms with Crippen LogP contribution in [0.5, 0.6) is 0 Å². The van der Waals surface area contributed by atoms with E-state index in [1.165, 1.54) is 6.92 Å². The van der Waals surface area contributed by atoms with Crippen molar-refractivity contribution in [1.29, 1.82) is 0 Å². The van der Waals surface area contributed by atoms with Gasteiger partial charge in [-0.3, -0.25) is 4.79 Å². The van der Waals surface area contributed by atoms with Crippen LogP contribution in [0.1, 0.15) is 6.92 Å². The molecule has 0 heterocycles. The van der Waals surface area contributed by atoms with E-state index in [2.05, 4.69) is 5.32 Å². The van der Waals surface area contributed by atoms with Crippen LogP contribution in [0.3, 0.4) is 0 Å². The van der Waals surface area contributed by atoms with Gasteiger partial charge in [0.05, 0.1) is 5.75 Å². The van der Waals surface area contributed by atoms with Gasteiger partial charge >= 0.3 is 0 Å². The van der Waals surface area contributed by atoms with Crippen molar-refractivity contribution in [2.45, 2.75) is 6.92 Å². The molecule has 11 heavy (non-hydrogen) atoms. The maximum atomic E-state index is 10.5. The van der Waals surface area contributed by atoms with Gasteiger partial charge in [-0.25, -0.2) is 8.42 Å². The van der Waals surface area contributed by atoms with Gasteiger partial charge in [0.25, 0.3) is 0 Å². The summed E-state index contributed by atoms with van der Waals surface area (Å²) >= 11 is 0. The van der Waals surface area contributed by atoms with Crippen LogP contribution in [0.2, 0.25) is 0 Å². The molecule has 0 unspecified atom stereocenters. The maximum absolute atomic E-state index is 10.5. The second-order valence-electron chi connectivity index (χ2n) is 2.11. The Morgan fingerprint density at radius 2 is 1.91 bits per heavy atom. The van der Waals surface area contributed by atoms with Crippen LogP contribution >= 0.6 is 12.4 Å². The molecule has 0 saturated heterocycles. The molecule has 6 heteroatoms. The lowest BCUT2D eigenvalue weighted by molar-refractivity contribution is -0.118. The van der Waals surface area contributed by atoms with Crippen LogP contribution in [0.25, 0.3) is 0 Å². The van der Waals surface area contributed by atoms with Gasteiger partial charge < -0.3 is 5.32 Å². The van der Waals surface area contributed by atoms with Gasteiger partial charge in [-0.2, -0.15) is 0 Å². The van der Waals surface area contributed by atoms with Gasteiger partial charge in [-0.15, -0.1) is 12.4 Å². The molecule has 0 aromatic rings. The normalized spacial score (nSPS) is 10.0. The number of sulfone groups is 1. The van der Waals surface area contributed by atoms with E-state index in [-0.39, 0.29) is 30.6 Å². The predicted molar refractivity (Wildman–Crippen MR) is 45.6 cm³/mol. The van der Waals surface area contributed by atoms with Gasteiger partial charge in [0.15, 0.2) is 0 Å². The standard InChI is InChI=1S/C5H11NO3S.ClH/c1-5(7)6-3-4-10(2,8)9;/h3-4H2,1-2H3,(H,6,7);1H. The number of halogens is 1. The lowest BCUT2D eigenvalue weighted by Crippen LogP contribution is -2.26. The molecule has 0 fully saturated rings. The summed E-state index contributed by atoms with van der Waals surface area (Å²) in [7, 11) is -2.93. The van der Waals surface area contributed by atoms with Crippen LogP contribution in [-0.2, 0) is 14.6 Å². The van der Waals surface area contributed by atoms with Gasteiger partial charge in [0.2, 0.25) is 5.91 Å². The molecule has 0 aliphatic carbocycles. The summed E-state index contributed by atoms with van der Waals surface area (Å²) in [6, 6.07) is 0. The highest BCUT2D eigenvalue weighted by Gasteiger charge is 2.00. The largest absolute Gasteiger partial charge is 0.355 e. The lowest BCUT2D eigenvalue weighted by atomic mass is 10.6.